The summed E-state index contributed by atoms with van der Waals surface area (Å²) in [7, 11) is -4.76. The first-order valence-electron chi connectivity index (χ1n) is 17.6. The topological polar surface area (TPSA) is 119 Å². The highest BCUT2D eigenvalue weighted by atomic mass is 31.2. The largest absolute Gasteiger partial charge is 0.469 e. The van der Waals surface area contributed by atoms with Gasteiger partial charge in [0, 0.05) is 12.8 Å². The summed E-state index contributed by atoms with van der Waals surface area (Å²) in [4.78, 5) is 42.5. The maximum absolute atomic E-state index is 12.3. The van der Waals surface area contributed by atoms with Gasteiger partial charge < -0.3 is 19.3 Å². The predicted octanol–water partition coefficient (Wildman–Crippen LogP) is 10.2. The average Bonchev–Trinajstić information content (AvgIpc) is 3.02. The van der Waals surface area contributed by atoms with E-state index in [1.165, 1.54) is 44.9 Å². The van der Waals surface area contributed by atoms with Gasteiger partial charge in [-0.15, -0.1) is 0 Å². The molecule has 0 bridgehead atoms. The Morgan fingerprint density at radius 2 is 1.04 bits per heavy atom. The van der Waals surface area contributed by atoms with Crippen molar-refractivity contribution in [2.75, 3.05) is 13.2 Å². The minimum Gasteiger partial charge on any atom is -0.462 e. The smallest absolute Gasteiger partial charge is 0.462 e. The number of carbonyl (C=O) groups is 2. The lowest BCUT2D eigenvalue weighted by Gasteiger charge is -2.18. The van der Waals surface area contributed by atoms with E-state index in [1.54, 1.807) is 0 Å². The number of phosphoric acid groups is 1. The molecule has 0 amide bonds. The fourth-order valence-corrected chi connectivity index (χ4v) is 4.83. The Labute approximate surface area is 279 Å². The Morgan fingerprint density at radius 1 is 0.587 bits per heavy atom. The van der Waals surface area contributed by atoms with E-state index in [9.17, 15) is 14.2 Å². The molecule has 264 valence electrons. The normalized spacial score (nSPS) is 13.2. The van der Waals surface area contributed by atoms with Crippen molar-refractivity contribution in [2.45, 2.75) is 148 Å². The van der Waals surface area contributed by atoms with Gasteiger partial charge in [-0.2, -0.15) is 0 Å². The molecular formula is C37H63O8P. The van der Waals surface area contributed by atoms with E-state index >= 15 is 0 Å². The second-order valence-corrected chi connectivity index (χ2v) is 12.7. The van der Waals surface area contributed by atoms with Crippen molar-refractivity contribution in [1.29, 1.82) is 0 Å². The Balaban J connectivity index is 4.11. The van der Waals surface area contributed by atoms with E-state index < -0.39 is 32.5 Å². The zero-order chi connectivity index (χ0) is 34.0. The quantitative estimate of drug-likeness (QED) is 0.0325. The van der Waals surface area contributed by atoms with Gasteiger partial charge in [0.1, 0.15) is 6.61 Å². The molecule has 0 spiro atoms. The number of allylic oxidation sites excluding steroid dienone is 10. The molecule has 0 aromatic rings. The molecule has 8 nitrogen and oxygen atoms in total. The molecule has 0 aliphatic rings. The second-order valence-electron chi connectivity index (χ2n) is 11.5. The van der Waals surface area contributed by atoms with Crippen LogP contribution >= 0.6 is 7.82 Å². The first-order valence-corrected chi connectivity index (χ1v) is 19.1. The molecule has 46 heavy (non-hydrogen) atoms. The lowest BCUT2D eigenvalue weighted by Crippen LogP contribution is -2.29. The summed E-state index contributed by atoms with van der Waals surface area (Å²) in [5, 5.41) is 0. The van der Waals surface area contributed by atoms with Crippen molar-refractivity contribution in [2.24, 2.45) is 0 Å². The summed E-state index contributed by atoms with van der Waals surface area (Å²) in [5.41, 5.74) is 0. The summed E-state index contributed by atoms with van der Waals surface area (Å²) in [6, 6.07) is 0. The Kier molecular flexibility index (Phi) is 31.1. The maximum Gasteiger partial charge on any atom is 0.469 e. The van der Waals surface area contributed by atoms with Gasteiger partial charge in [0.05, 0.1) is 6.61 Å². The molecule has 0 aromatic heterocycles. The molecule has 0 heterocycles. The summed E-state index contributed by atoms with van der Waals surface area (Å²) in [5.74, 6) is -0.959. The van der Waals surface area contributed by atoms with Gasteiger partial charge in [0.15, 0.2) is 6.10 Å². The summed E-state index contributed by atoms with van der Waals surface area (Å²) in [6.07, 6.45) is 39.5. The average molecular weight is 667 g/mol. The standard InChI is InChI=1S/C37H63O8P/c1-3-5-7-9-11-13-15-16-17-18-19-20-22-23-25-27-29-31-36(38)43-33-35(34-44-46(40,41)42)45-37(39)32-30-28-26-24-21-14-12-10-8-6-4-2/h5,7,11,13,16-17,19-20,23,25,35H,3-4,6,8-10,12,14-15,18,21-22,24,26-34H2,1-2H3,(H2,40,41,42)/b7-5-,13-11-,17-16-,20-19-,25-23-/t35-/m1/s1. The third-order valence-electron chi connectivity index (χ3n) is 7.05. The lowest BCUT2D eigenvalue weighted by atomic mass is 10.1. The van der Waals surface area contributed by atoms with Gasteiger partial charge >= 0.3 is 19.8 Å². The Hall–Kier alpha value is -2.25. The predicted molar refractivity (Wildman–Crippen MR) is 188 cm³/mol. The first kappa shape index (κ1) is 43.8. The van der Waals surface area contributed by atoms with Crippen molar-refractivity contribution < 1.29 is 37.9 Å². The summed E-state index contributed by atoms with van der Waals surface area (Å²) < 4.78 is 26.2. The van der Waals surface area contributed by atoms with E-state index in [4.69, 9.17) is 19.3 Å². The molecule has 9 heteroatoms. The first-order chi connectivity index (χ1) is 22.3. The molecule has 0 aromatic carbocycles. The van der Waals surface area contributed by atoms with Gasteiger partial charge in [-0.25, -0.2) is 4.57 Å². The SMILES string of the molecule is CC/C=C\C/C=C\C/C=C\C/C=C\C/C=C\CCCC(=O)OC[C@H](COP(=O)(O)O)OC(=O)CCCCCCCCCCCCC. The van der Waals surface area contributed by atoms with E-state index in [1.807, 2.05) is 6.08 Å². The van der Waals surface area contributed by atoms with Crippen LogP contribution in [0.15, 0.2) is 60.8 Å². The Morgan fingerprint density at radius 3 is 1.54 bits per heavy atom. The van der Waals surface area contributed by atoms with Crippen LogP contribution in [0.5, 0.6) is 0 Å². The highest BCUT2D eigenvalue weighted by Crippen LogP contribution is 2.35. The number of ether oxygens (including phenoxy) is 2. The van der Waals surface area contributed by atoms with Crippen LogP contribution in [0, 0.1) is 0 Å². The third kappa shape index (κ3) is 34.6. The van der Waals surface area contributed by atoms with Gasteiger partial charge in [0.25, 0.3) is 0 Å². The molecule has 2 N–H and O–H groups in total. The highest BCUT2D eigenvalue weighted by Gasteiger charge is 2.22. The molecule has 0 fully saturated rings. The van der Waals surface area contributed by atoms with Crippen LogP contribution in [-0.4, -0.2) is 41.0 Å². The number of esters is 2. The molecule has 0 unspecified atom stereocenters. The van der Waals surface area contributed by atoms with Crippen LogP contribution in [0.2, 0.25) is 0 Å². The van der Waals surface area contributed by atoms with E-state index in [2.05, 4.69) is 73.1 Å². The molecule has 1 atom stereocenters. The van der Waals surface area contributed by atoms with E-state index in [0.29, 0.717) is 12.8 Å². The molecule has 0 aliphatic heterocycles. The monoisotopic (exact) mass is 666 g/mol. The van der Waals surface area contributed by atoms with Crippen molar-refractivity contribution in [3.05, 3.63) is 60.8 Å². The number of phosphoric ester groups is 1. The van der Waals surface area contributed by atoms with Crippen LogP contribution < -0.4 is 0 Å². The van der Waals surface area contributed by atoms with Crippen molar-refractivity contribution in [3.8, 4) is 0 Å². The maximum atomic E-state index is 12.3. The fourth-order valence-electron chi connectivity index (χ4n) is 4.47. The third-order valence-corrected chi connectivity index (χ3v) is 7.54. The van der Waals surface area contributed by atoms with Crippen LogP contribution in [0.3, 0.4) is 0 Å². The number of carbonyl (C=O) groups excluding carboxylic acids is 2. The van der Waals surface area contributed by atoms with Crippen LogP contribution in [0.1, 0.15) is 142 Å². The molecular weight excluding hydrogens is 603 g/mol. The van der Waals surface area contributed by atoms with Crippen molar-refractivity contribution in [1.82, 2.24) is 0 Å². The lowest BCUT2D eigenvalue weighted by molar-refractivity contribution is -0.161. The molecule has 0 saturated carbocycles. The minimum atomic E-state index is -4.76. The van der Waals surface area contributed by atoms with Crippen LogP contribution in [0.4, 0.5) is 0 Å². The summed E-state index contributed by atoms with van der Waals surface area (Å²) in [6.45, 7) is 3.48. The molecule has 0 rings (SSSR count). The van der Waals surface area contributed by atoms with Crippen molar-refractivity contribution >= 4 is 19.8 Å². The van der Waals surface area contributed by atoms with Gasteiger partial charge in [0.2, 0.25) is 0 Å². The van der Waals surface area contributed by atoms with E-state index in [0.717, 1.165) is 57.8 Å². The van der Waals surface area contributed by atoms with Crippen molar-refractivity contribution in [3.63, 3.8) is 0 Å². The van der Waals surface area contributed by atoms with Gasteiger partial charge in [-0.3, -0.25) is 14.1 Å². The zero-order valence-electron chi connectivity index (χ0n) is 28.7. The summed E-state index contributed by atoms with van der Waals surface area (Å²) >= 11 is 0. The number of hydrogen-bond acceptors (Lipinski definition) is 6. The second kappa shape index (κ2) is 32.7. The zero-order valence-corrected chi connectivity index (χ0v) is 29.6. The Bertz CT molecular complexity index is 932. The minimum absolute atomic E-state index is 0.188. The van der Waals surface area contributed by atoms with Gasteiger partial charge in [-0.05, 0) is 51.4 Å². The van der Waals surface area contributed by atoms with Crippen LogP contribution in [-0.2, 0) is 28.2 Å². The number of hydrogen-bond donors (Lipinski definition) is 2. The molecule has 0 aliphatic carbocycles. The van der Waals surface area contributed by atoms with Crippen LogP contribution in [0.25, 0.3) is 0 Å². The number of rotatable bonds is 31. The van der Waals surface area contributed by atoms with Gasteiger partial charge in [-0.1, -0.05) is 139 Å². The van der Waals surface area contributed by atoms with E-state index in [-0.39, 0.29) is 19.4 Å². The molecule has 0 radical (unpaired) electrons. The fraction of sp³-hybridized carbons (Fsp3) is 0.676. The highest BCUT2D eigenvalue weighted by molar-refractivity contribution is 7.46. The molecule has 0 saturated heterocycles. The number of unbranched alkanes of at least 4 members (excludes halogenated alkanes) is 11.